The standard InChI is InChI=1S/C7H12Cl2O/c8-4-1-2-6-10-7-3-5-9/h1-2H,3-7H2. The van der Waals surface area contributed by atoms with Gasteiger partial charge < -0.3 is 4.74 Å². The summed E-state index contributed by atoms with van der Waals surface area (Å²) in [6.45, 7) is 1.37. The molecule has 3 heteroatoms. The Morgan fingerprint density at radius 1 is 1.20 bits per heavy atom. The molecule has 0 saturated carbocycles. The molecule has 0 rings (SSSR count). The highest BCUT2D eigenvalue weighted by Crippen LogP contribution is 1.86. The Morgan fingerprint density at radius 3 is 2.60 bits per heavy atom. The molecule has 0 unspecified atom stereocenters. The zero-order chi connectivity index (χ0) is 7.66. The monoisotopic (exact) mass is 182 g/mol. The fourth-order valence-electron chi connectivity index (χ4n) is 0.439. The highest BCUT2D eigenvalue weighted by molar-refractivity contribution is 6.18. The van der Waals surface area contributed by atoms with Crippen LogP contribution in [0.15, 0.2) is 12.2 Å². The first-order chi connectivity index (χ1) is 4.91. The van der Waals surface area contributed by atoms with Gasteiger partial charge in [0.1, 0.15) is 0 Å². The Kier molecular flexibility index (Phi) is 9.54. The van der Waals surface area contributed by atoms with Crippen LogP contribution in [0.1, 0.15) is 6.42 Å². The highest BCUT2D eigenvalue weighted by atomic mass is 35.5. The molecule has 60 valence electrons. The average Bonchev–Trinajstić information content (AvgIpc) is 1.97. The Balaban J connectivity index is 2.83. The molecule has 0 aliphatic carbocycles. The molecular formula is C7H12Cl2O. The maximum absolute atomic E-state index is 5.42. The van der Waals surface area contributed by atoms with E-state index in [1.165, 1.54) is 0 Å². The smallest absolute Gasteiger partial charge is 0.0647 e. The van der Waals surface area contributed by atoms with Crippen LogP contribution >= 0.6 is 23.2 Å². The maximum Gasteiger partial charge on any atom is 0.0647 e. The van der Waals surface area contributed by atoms with E-state index in [4.69, 9.17) is 27.9 Å². The summed E-state index contributed by atoms with van der Waals surface area (Å²) in [5.74, 6) is 1.22. The first-order valence-corrected chi connectivity index (χ1v) is 4.33. The molecule has 0 heterocycles. The molecule has 0 aliphatic rings. The van der Waals surface area contributed by atoms with Gasteiger partial charge in [0.25, 0.3) is 0 Å². The zero-order valence-corrected chi connectivity index (χ0v) is 7.37. The summed E-state index contributed by atoms with van der Waals surface area (Å²) in [6, 6.07) is 0. The summed E-state index contributed by atoms with van der Waals surface area (Å²) in [4.78, 5) is 0. The van der Waals surface area contributed by atoms with Crippen LogP contribution in [-0.2, 0) is 4.74 Å². The summed E-state index contributed by atoms with van der Waals surface area (Å²) < 4.78 is 5.15. The van der Waals surface area contributed by atoms with Crippen LogP contribution in [0.25, 0.3) is 0 Å². The average molecular weight is 183 g/mol. The van der Waals surface area contributed by atoms with Crippen molar-refractivity contribution in [3.63, 3.8) is 0 Å². The van der Waals surface area contributed by atoms with E-state index >= 15 is 0 Å². The zero-order valence-electron chi connectivity index (χ0n) is 5.85. The van der Waals surface area contributed by atoms with Crippen molar-refractivity contribution in [3.8, 4) is 0 Å². The van der Waals surface area contributed by atoms with Crippen molar-refractivity contribution in [1.82, 2.24) is 0 Å². The molecule has 0 aliphatic heterocycles. The van der Waals surface area contributed by atoms with Crippen molar-refractivity contribution in [3.05, 3.63) is 12.2 Å². The second kappa shape index (κ2) is 9.28. The first-order valence-electron chi connectivity index (χ1n) is 3.26. The largest absolute Gasteiger partial charge is 0.377 e. The van der Waals surface area contributed by atoms with Gasteiger partial charge in [0.05, 0.1) is 6.61 Å². The number of allylic oxidation sites excluding steroid dienone is 1. The highest BCUT2D eigenvalue weighted by Gasteiger charge is 1.82. The third kappa shape index (κ3) is 8.28. The first kappa shape index (κ1) is 10.3. The molecule has 0 N–H and O–H groups in total. The fourth-order valence-corrected chi connectivity index (χ4v) is 0.674. The molecular weight excluding hydrogens is 171 g/mol. The molecule has 0 bridgehead atoms. The van der Waals surface area contributed by atoms with Gasteiger partial charge in [0.15, 0.2) is 0 Å². The van der Waals surface area contributed by atoms with Gasteiger partial charge >= 0.3 is 0 Å². The molecule has 0 fully saturated rings. The van der Waals surface area contributed by atoms with Crippen molar-refractivity contribution in [2.75, 3.05) is 25.0 Å². The lowest BCUT2D eigenvalue weighted by molar-refractivity contribution is 0.163. The van der Waals surface area contributed by atoms with Crippen LogP contribution in [0.2, 0.25) is 0 Å². The van der Waals surface area contributed by atoms with Crippen molar-refractivity contribution in [2.45, 2.75) is 6.42 Å². The van der Waals surface area contributed by atoms with Crippen LogP contribution in [0.4, 0.5) is 0 Å². The predicted molar refractivity (Wildman–Crippen MR) is 46.0 cm³/mol. The molecule has 10 heavy (non-hydrogen) atoms. The van der Waals surface area contributed by atoms with Gasteiger partial charge in [-0.1, -0.05) is 12.2 Å². The Morgan fingerprint density at radius 2 is 2.00 bits per heavy atom. The maximum atomic E-state index is 5.42. The summed E-state index contributed by atoms with van der Waals surface area (Å²) in [5.41, 5.74) is 0. The topological polar surface area (TPSA) is 9.23 Å². The fraction of sp³-hybridized carbons (Fsp3) is 0.714. The van der Waals surface area contributed by atoms with E-state index in [9.17, 15) is 0 Å². The van der Waals surface area contributed by atoms with E-state index in [1.807, 2.05) is 12.2 Å². The lowest BCUT2D eigenvalue weighted by Gasteiger charge is -1.95. The van der Waals surface area contributed by atoms with Gasteiger partial charge in [-0.3, -0.25) is 0 Å². The minimum Gasteiger partial charge on any atom is -0.377 e. The van der Waals surface area contributed by atoms with Crippen molar-refractivity contribution < 1.29 is 4.74 Å². The van der Waals surface area contributed by atoms with E-state index in [1.54, 1.807) is 0 Å². The van der Waals surface area contributed by atoms with Crippen LogP contribution in [0.3, 0.4) is 0 Å². The lowest BCUT2D eigenvalue weighted by Crippen LogP contribution is -1.94. The van der Waals surface area contributed by atoms with Crippen LogP contribution in [0, 0.1) is 0 Å². The molecule has 0 aromatic carbocycles. The third-order valence-corrected chi connectivity index (χ3v) is 1.34. The van der Waals surface area contributed by atoms with Crippen LogP contribution < -0.4 is 0 Å². The SMILES string of the molecule is ClCC=CCOCCCCl. The second-order valence-electron chi connectivity index (χ2n) is 1.74. The Hall–Kier alpha value is 0.280. The van der Waals surface area contributed by atoms with Crippen molar-refractivity contribution in [2.24, 2.45) is 0 Å². The van der Waals surface area contributed by atoms with Gasteiger partial charge in [-0.25, -0.2) is 0 Å². The van der Waals surface area contributed by atoms with Crippen LogP contribution in [-0.4, -0.2) is 25.0 Å². The number of rotatable bonds is 6. The normalized spacial score (nSPS) is 11.0. The summed E-state index contributed by atoms with van der Waals surface area (Å²) in [5, 5.41) is 0. The number of hydrogen-bond donors (Lipinski definition) is 0. The Labute approximate surface area is 72.0 Å². The number of alkyl halides is 2. The molecule has 0 aromatic heterocycles. The number of halogens is 2. The summed E-state index contributed by atoms with van der Waals surface area (Å²) >= 11 is 10.8. The van der Waals surface area contributed by atoms with Gasteiger partial charge in [-0.2, -0.15) is 0 Å². The molecule has 0 radical (unpaired) electrons. The van der Waals surface area contributed by atoms with Gasteiger partial charge in [-0.05, 0) is 6.42 Å². The van der Waals surface area contributed by atoms with E-state index < -0.39 is 0 Å². The Bertz CT molecular complexity index is 83.7. The van der Waals surface area contributed by atoms with Gasteiger partial charge in [-0.15, -0.1) is 23.2 Å². The summed E-state index contributed by atoms with van der Waals surface area (Å²) in [7, 11) is 0. The molecule has 1 nitrogen and oxygen atoms in total. The lowest BCUT2D eigenvalue weighted by atomic mass is 10.5. The van der Waals surface area contributed by atoms with E-state index in [2.05, 4.69) is 0 Å². The molecule has 0 atom stereocenters. The molecule has 0 spiro atoms. The number of ether oxygens (including phenoxy) is 1. The minimum atomic E-state index is 0.554. The predicted octanol–water partition coefficient (Wildman–Crippen LogP) is 2.43. The van der Waals surface area contributed by atoms with Gasteiger partial charge in [0.2, 0.25) is 0 Å². The minimum absolute atomic E-state index is 0.554. The van der Waals surface area contributed by atoms with E-state index in [0.717, 1.165) is 13.0 Å². The molecule has 0 saturated heterocycles. The summed E-state index contributed by atoms with van der Waals surface area (Å²) in [6.07, 6.45) is 4.68. The van der Waals surface area contributed by atoms with E-state index in [-0.39, 0.29) is 0 Å². The van der Waals surface area contributed by atoms with Crippen LogP contribution in [0.5, 0.6) is 0 Å². The second-order valence-corrected chi connectivity index (χ2v) is 2.43. The number of hydrogen-bond acceptors (Lipinski definition) is 1. The van der Waals surface area contributed by atoms with Crippen molar-refractivity contribution in [1.29, 1.82) is 0 Å². The van der Waals surface area contributed by atoms with E-state index in [0.29, 0.717) is 18.4 Å². The van der Waals surface area contributed by atoms with Crippen molar-refractivity contribution >= 4 is 23.2 Å². The molecule has 0 aromatic rings. The third-order valence-electron chi connectivity index (χ3n) is 0.892. The molecule has 0 amide bonds. The quantitative estimate of drug-likeness (QED) is 0.349. The van der Waals surface area contributed by atoms with Gasteiger partial charge in [0, 0.05) is 18.4 Å².